The van der Waals surface area contributed by atoms with Crippen LogP contribution in [0.4, 0.5) is 0 Å². The van der Waals surface area contributed by atoms with Crippen LogP contribution in [0.2, 0.25) is 0 Å². The number of ether oxygens (including phenoxy) is 1. The summed E-state index contributed by atoms with van der Waals surface area (Å²) in [5.74, 6) is -1.37. The van der Waals surface area contributed by atoms with Crippen molar-refractivity contribution in [2.75, 3.05) is 0 Å². The standard InChI is InChI=1S/C17H10O4/c18-15-10-14(16(19)13-9-5-4-8-12(13)15)17(20)21-11-6-2-1-3-7-11/h1-10H. The van der Waals surface area contributed by atoms with Crippen LogP contribution >= 0.6 is 0 Å². The Morgan fingerprint density at radius 1 is 0.810 bits per heavy atom. The molecule has 0 aliphatic heterocycles. The maximum atomic E-state index is 12.3. The number of rotatable bonds is 2. The molecular formula is C17H10O4. The van der Waals surface area contributed by atoms with E-state index in [9.17, 15) is 14.4 Å². The van der Waals surface area contributed by atoms with Crippen molar-refractivity contribution in [3.05, 3.63) is 77.4 Å². The Bertz CT molecular complexity index is 772. The largest absolute Gasteiger partial charge is 0.423 e. The molecule has 0 radical (unpaired) electrons. The maximum Gasteiger partial charge on any atom is 0.347 e. The second-order valence-electron chi connectivity index (χ2n) is 4.50. The number of carbonyl (C=O) groups excluding carboxylic acids is 3. The van der Waals surface area contributed by atoms with Gasteiger partial charge in [0.1, 0.15) is 11.3 Å². The Kier molecular flexibility index (Phi) is 3.20. The van der Waals surface area contributed by atoms with Gasteiger partial charge in [0.25, 0.3) is 0 Å². The predicted octanol–water partition coefficient (Wildman–Crippen LogP) is 2.60. The number of carbonyl (C=O) groups is 3. The highest BCUT2D eigenvalue weighted by Crippen LogP contribution is 2.22. The van der Waals surface area contributed by atoms with Crippen LogP contribution in [0.5, 0.6) is 5.75 Å². The lowest BCUT2D eigenvalue weighted by molar-refractivity contribution is -0.129. The van der Waals surface area contributed by atoms with Crippen LogP contribution in [0.1, 0.15) is 20.7 Å². The van der Waals surface area contributed by atoms with Crippen LogP contribution in [-0.2, 0) is 4.79 Å². The molecule has 102 valence electrons. The molecule has 0 saturated carbocycles. The summed E-state index contributed by atoms with van der Waals surface area (Å²) < 4.78 is 5.11. The first-order chi connectivity index (χ1) is 10.2. The fraction of sp³-hybridized carbons (Fsp3) is 0. The number of para-hydroxylation sites is 1. The monoisotopic (exact) mass is 278 g/mol. The Morgan fingerprint density at radius 2 is 1.43 bits per heavy atom. The molecule has 2 aromatic rings. The van der Waals surface area contributed by atoms with Crippen LogP contribution in [0.25, 0.3) is 0 Å². The van der Waals surface area contributed by atoms with Gasteiger partial charge in [-0.3, -0.25) is 9.59 Å². The van der Waals surface area contributed by atoms with Gasteiger partial charge in [0, 0.05) is 17.2 Å². The van der Waals surface area contributed by atoms with Gasteiger partial charge in [-0.15, -0.1) is 0 Å². The summed E-state index contributed by atoms with van der Waals surface area (Å²) in [7, 11) is 0. The summed E-state index contributed by atoms with van der Waals surface area (Å²) in [6.07, 6.45) is 1.04. The average molecular weight is 278 g/mol. The summed E-state index contributed by atoms with van der Waals surface area (Å²) in [4.78, 5) is 36.3. The molecule has 0 amide bonds. The highest BCUT2D eigenvalue weighted by Gasteiger charge is 2.30. The highest BCUT2D eigenvalue weighted by atomic mass is 16.5. The molecule has 0 saturated heterocycles. The molecule has 0 fully saturated rings. The van der Waals surface area contributed by atoms with Crippen molar-refractivity contribution in [1.29, 1.82) is 0 Å². The normalized spacial score (nSPS) is 13.4. The Morgan fingerprint density at radius 3 is 2.14 bits per heavy atom. The second kappa shape index (κ2) is 5.17. The summed E-state index contributed by atoms with van der Waals surface area (Å²) in [5.41, 5.74) is 0.284. The van der Waals surface area contributed by atoms with Gasteiger partial charge in [-0.05, 0) is 12.1 Å². The first-order valence-corrected chi connectivity index (χ1v) is 6.34. The van der Waals surface area contributed by atoms with E-state index in [1.807, 2.05) is 0 Å². The van der Waals surface area contributed by atoms with E-state index in [0.717, 1.165) is 6.08 Å². The fourth-order valence-corrected chi connectivity index (χ4v) is 2.12. The van der Waals surface area contributed by atoms with Gasteiger partial charge < -0.3 is 4.74 Å². The second-order valence-corrected chi connectivity index (χ2v) is 4.50. The Hall–Kier alpha value is -3.01. The molecule has 3 rings (SSSR count). The van der Waals surface area contributed by atoms with Crippen LogP contribution in [0, 0.1) is 0 Å². The minimum absolute atomic E-state index is 0.227. The van der Waals surface area contributed by atoms with E-state index in [1.54, 1.807) is 48.5 Å². The molecule has 0 spiro atoms. The molecule has 4 heteroatoms. The SMILES string of the molecule is O=C(Oc1ccccc1)C1=CC(=O)c2ccccc2C1=O. The van der Waals surface area contributed by atoms with Crippen LogP contribution in [-0.4, -0.2) is 17.5 Å². The molecular weight excluding hydrogens is 268 g/mol. The smallest absolute Gasteiger partial charge is 0.347 e. The topological polar surface area (TPSA) is 60.4 Å². The van der Waals surface area contributed by atoms with Crippen LogP contribution in [0.3, 0.4) is 0 Å². The van der Waals surface area contributed by atoms with E-state index in [4.69, 9.17) is 4.74 Å². The van der Waals surface area contributed by atoms with Crippen LogP contribution < -0.4 is 4.74 Å². The first kappa shape index (κ1) is 13.0. The van der Waals surface area contributed by atoms with Gasteiger partial charge >= 0.3 is 5.97 Å². The van der Waals surface area contributed by atoms with Gasteiger partial charge in [0.15, 0.2) is 5.78 Å². The number of benzene rings is 2. The number of allylic oxidation sites excluding steroid dienone is 1. The Balaban J connectivity index is 1.92. The van der Waals surface area contributed by atoms with Crippen LogP contribution in [0.15, 0.2) is 66.2 Å². The van der Waals surface area contributed by atoms with Crippen molar-refractivity contribution in [3.8, 4) is 5.75 Å². The quantitative estimate of drug-likeness (QED) is 0.481. The van der Waals surface area contributed by atoms with Gasteiger partial charge in [-0.2, -0.15) is 0 Å². The molecule has 0 heterocycles. The molecule has 1 aliphatic carbocycles. The number of fused-ring (bicyclic) bond motifs is 1. The minimum atomic E-state index is -0.825. The van der Waals surface area contributed by atoms with Crippen molar-refractivity contribution >= 4 is 17.5 Å². The van der Waals surface area contributed by atoms with Crippen molar-refractivity contribution in [2.45, 2.75) is 0 Å². The van der Waals surface area contributed by atoms with Gasteiger partial charge in [-0.25, -0.2) is 4.79 Å². The molecule has 0 bridgehead atoms. The number of hydrogen-bond acceptors (Lipinski definition) is 4. The molecule has 0 N–H and O–H groups in total. The van der Waals surface area contributed by atoms with Gasteiger partial charge in [0.05, 0.1) is 0 Å². The molecule has 0 unspecified atom stereocenters. The van der Waals surface area contributed by atoms with E-state index < -0.39 is 11.8 Å². The van der Waals surface area contributed by atoms with Gasteiger partial charge in [-0.1, -0.05) is 42.5 Å². The summed E-state index contributed by atoms with van der Waals surface area (Å²) in [6, 6.07) is 14.8. The molecule has 4 nitrogen and oxygen atoms in total. The van der Waals surface area contributed by atoms with Crippen molar-refractivity contribution < 1.29 is 19.1 Å². The zero-order valence-corrected chi connectivity index (χ0v) is 10.9. The third kappa shape index (κ3) is 2.39. The fourth-order valence-electron chi connectivity index (χ4n) is 2.12. The lowest BCUT2D eigenvalue weighted by Gasteiger charge is -2.13. The Labute approximate surface area is 120 Å². The zero-order chi connectivity index (χ0) is 14.8. The molecule has 21 heavy (non-hydrogen) atoms. The number of ketones is 2. The third-order valence-electron chi connectivity index (χ3n) is 3.13. The van der Waals surface area contributed by atoms with Crippen molar-refractivity contribution in [3.63, 3.8) is 0 Å². The average Bonchev–Trinajstić information content (AvgIpc) is 2.52. The highest BCUT2D eigenvalue weighted by molar-refractivity contribution is 6.33. The summed E-state index contributed by atoms with van der Waals surface area (Å²) >= 11 is 0. The minimum Gasteiger partial charge on any atom is -0.423 e. The molecule has 1 aliphatic rings. The number of hydrogen-bond donors (Lipinski definition) is 0. The third-order valence-corrected chi connectivity index (χ3v) is 3.13. The van der Waals surface area contributed by atoms with E-state index in [0.29, 0.717) is 11.3 Å². The lowest BCUT2D eigenvalue weighted by atomic mass is 9.89. The zero-order valence-electron chi connectivity index (χ0n) is 10.9. The van der Waals surface area contributed by atoms with Gasteiger partial charge in [0.2, 0.25) is 5.78 Å². The lowest BCUT2D eigenvalue weighted by Crippen LogP contribution is -2.25. The van der Waals surface area contributed by atoms with E-state index in [-0.39, 0.29) is 16.9 Å². The number of Topliss-reactive ketones (excluding diaryl/α,β-unsaturated/α-hetero) is 1. The predicted molar refractivity (Wildman–Crippen MR) is 75.3 cm³/mol. The summed E-state index contributed by atoms with van der Waals surface area (Å²) in [6.45, 7) is 0. The summed E-state index contributed by atoms with van der Waals surface area (Å²) in [5, 5.41) is 0. The van der Waals surface area contributed by atoms with Crippen molar-refractivity contribution in [2.24, 2.45) is 0 Å². The maximum absolute atomic E-state index is 12.3. The molecule has 0 atom stereocenters. The number of esters is 1. The van der Waals surface area contributed by atoms with E-state index >= 15 is 0 Å². The van der Waals surface area contributed by atoms with E-state index in [2.05, 4.69) is 0 Å². The molecule has 2 aromatic carbocycles. The molecule has 0 aromatic heterocycles. The van der Waals surface area contributed by atoms with E-state index in [1.165, 1.54) is 6.07 Å². The van der Waals surface area contributed by atoms with Crippen molar-refractivity contribution in [1.82, 2.24) is 0 Å². The first-order valence-electron chi connectivity index (χ1n) is 6.34.